The molecule has 0 saturated carbocycles. The molecule has 0 aliphatic heterocycles. The van der Waals surface area contributed by atoms with Crippen LogP contribution in [-0.4, -0.2) is 33.6 Å². The van der Waals surface area contributed by atoms with Crippen molar-refractivity contribution in [1.29, 1.82) is 0 Å². The highest BCUT2D eigenvalue weighted by Gasteiger charge is 2.10. The number of para-hydroxylation sites is 1. The number of thioether (sulfide) groups is 1. The molecule has 7 heteroatoms. The molecule has 2 N–H and O–H groups in total. The highest BCUT2D eigenvalue weighted by Crippen LogP contribution is 2.21. The maximum absolute atomic E-state index is 5.99. The van der Waals surface area contributed by atoms with Crippen molar-refractivity contribution in [3.8, 4) is 0 Å². The minimum absolute atomic E-state index is 0.576. The normalized spacial score (nSPS) is 11.1. The predicted octanol–water partition coefficient (Wildman–Crippen LogP) is 2.02. The van der Waals surface area contributed by atoms with Crippen molar-refractivity contribution in [2.24, 2.45) is 0 Å². The maximum Gasteiger partial charge on any atom is 0.210 e. The van der Waals surface area contributed by atoms with E-state index in [9.17, 15) is 0 Å². The zero-order chi connectivity index (χ0) is 15.4. The van der Waals surface area contributed by atoms with Crippen molar-refractivity contribution in [3.05, 3.63) is 47.9 Å². The number of benzene rings is 1. The Balaban J connectivity index is 1.69. The quantitative estimate of drug-likeness (QED) is 0.554. The molecule has 1 aromatic carbocycles. The monoisotopic (exact) mass is 315 g/mol. The molecule has 3 aromatic rings. The van der Waals surface area contributed by atoms with Crippen LogP contribution in [0.4, 0.5) is 0 Å². The SMILES string of the molecule is COCCc1nnc(SCc2ccc3ccccc3n2)n1N. The Kier molecular flexibility index (Phi) is 4.55. The third-order valence-corrected chi connectivity index (χ3v) is 4.25. The summed E-state index contributed by atoms with van der Waals surface area (Å²) < 4.78 is 6.55. The topological polar surface area (TPSA) is 78.9 Å². The Hall–Kier alpha value is -2.12. The van der Waals surface area contributed by atoms with Gasteiger partial charge >= 0.3 is 0 Å². The van der Waals surface area contributed by atoms with E-state index in [2.05, 4.69) is 27.3 Å². The zero-order valence-electron chi connectivity index (χ0n) is 12.3. The zero-order valence-corrected chi connectivity index (χ0v) is 13.1. The van der Waals surface area contributed by atoms with E-state index in [1.54, 1.807) is 7.11 Å². The first kappa shape index (κ1) is 14.8. The van der Waals surface area contributed by atoms with E-state index in [1.807, 2.05) is 24.3 Å². The molecule has 0 unspecified atom stereocenters. The molecule has 0 amide bonds. The first-order chi connectivity index (χ1) is 10.8. The summed E-state index contributed by atoms with van der Waals surface area (Å²) in [4.78, 5) is 4.64. The molecule has 2 aromatic heterocycles. The summed E-state index contributed by atoms with van der Waals surface area (Å²) in [5.74, 6) is 7.41. The first-order valence-electron chi connectivity index (χ1n) is 6.93. The Morgan fingerprint density at radius 2 is 2.05 bits per heavy atom. The lowest BCUT2D eigenvalue weighted by Crippen LogP contribution is -2.15. The molecular formula is C15H17N5OS. The van der Waals surface area contributed by atoms with E-state index >= 15 is 0 Å². The number of nitrogens with zero attached hydrogens (tertiary/aromatic N) is 4. The minimum atomic E-state index is 0.576. The highest BCUT2D eigenvalue weighted by atomic mass is 32.2. The second kappa shape index (κ2) is 6.76. The molecule has 0 spiro atoms. The summed E-state index contributed by atoms with van der Waals surface area (Å²) in [6.45, 7) is 0.576. The Bertz CT molecular complexity index is 773. The molecule has 2 heterocycles. The second-order valence-electron chi connectivity index (χ2n) is 4.80. The van der Waals surface area contributed by atoms with Gasteiger partial charge in [-0.3, -0.25) is 4.98 Å². The minimum Gasteiger partial charge on any atom is -0.384 e. The van der Waals surface area contributed by atoms with Crippen LogP contribution in [0, 0.1) is 0 Å². The van der Waals surface area contributed by atoms with Crippen LogP contribution in [0.3, 0.4) is 0 Å². The molecule has 0 atom stereocenters. The number of aromatic nitrogens is 4. The third kappa shape index (κ3) is 3.20. The molecule has 22 heavy (non-hydrogen) atoms. The Morgan fingerprint density at radius 1 is 1.18 bits per heavy atom. The van der Waals surface area contributed by atoms with E-state index < -0.39 is 0 Å². The number of pyridine rings is 1. The van der Waals surface area contributed by atoms with Crippen molar-refractivity contribution in [3.63, 3.8) is 0 Å². The number of hydrogen-bond donors (Lipinski definition) is 1. The molecule has 0 aliphatic carbocycles. The average Bonchev–Trinajstić information content (AvgIpc) is 2.91. The van der Waals surface area contributed by atoms with Crippen molar-refractivity contribution in [2.75, 3.05) is 19.6 Å². The van der Waals surface area contributed by atoms with E-state index in [0.717, 1.165) is 22.4 Å². The fourth-order valence-electron chi connectivity index (χ4n) is 2.10. The number of hydrogen-bond acceptors (Lipinski definition) is 6. The van der Waals surface area contributed by atoms with Crippen LogP contribution in [0.2, 0.25) is 0 Å². The van der Waals surface area contributed by atoms with Crippen LogP contribution in [-0.2, 0) is 16.9 Å². The molecule has 0 aliphatic rings. The van der Waals surface area contributed by atoms with Crippen molar-refractivity contribution in [2.45, 2.75) is 17.3 Å². The molecule has 114 valence electrons. The molecule has 0 saturated heterocycles. The van der Waals surface area contributed by atoms with Gasteiger partial charge < -0.3 is 10.6 Å². The average molecular weight is 315 g/mol. The van der Waals surface area contributed by atoms with Crippen LogP contribution in [0.1, 0.15) is 11.5 Å². The van der Waals surface area contributed by atoms with E-state index in [0.29, 0.717) is 23.9 Å². The summed E-state index contributed by atoms with van der Waals surface area (Å²) in [5, 5.41) is 10.0. The number of ether oxygens (including phenoxy) is 1. The van der Waals surface area contributed by atoms with Crippen molar-refractivity contribution >= 4 is 22.7 Å². The van der Waals surface area contributed by atoms with Gasteiger partial charge in [0, 0.05) is 24.7 Å². The van der Waals surface area contributed by atoms with E-state index in [4.69, 9.17) is 10.6 Å². The van der Waals surface area contributed by atoms with Crippen LogP contribution >= 0.6 is 11.8 Å². The smallest absolute Gasteiger partial charge is 0.210 e. The van der Waals surface area contributed by atoms with Crippen molar-refractivity contribution in [1.82, 2.24) is 19.9 Å². The van der Waals surface area contributed by atoms with Gasteiger partial charge in [-0.25, -0.2) is 4.68 Å². The first-order valence-corrected chi connectivity index (χ1v) is 7.92. The number of rotatable bonds is 6. The number of methoxy groups -OCH3 is 1. The van der Waals surface area contributed by atoms with Crippen LogP contribution in [0.5, 0.6) is 0 Å². The molecule has 0 bridgehead atoms. The van der Waals surface area contributed by atoms with Crippen LogP contribution in [0.25, 0.3) is 10.9 Å². The summed E-state index contributed by atoms with van der Waals surface area (Å²) in [5.41, 5.74) is 1.99. The largest absolute Gasteiger partial charge is 0.384 e. The standard InChI is InChI=1S/C15H17N5OS/c1-21-9-8-14-18-19-15(20(14)16)22-10-12-7-6-11-4-2-3-5-13(11)17-12/h2-7H,8-10,16H2,1H3. The molecule has 0 radical (unpaired) electrons. The van der Waals surface area contributed by atoms with Gasteiger partial charge in [0.2, 0.25) is 5.16 Å². The maximum atomic E-state index is 5.99. The molecular weight excluding hydrogens is 298 g/mol. The van der Waals surface area contributed by atoms with Gasteiger partial charge in [-0.1, -0.05) is 36.0 Å². The van der Waals surface area contributed by atoms with Crippen molar-refractivity contribution < 1.29 is 4.74 Å². The van der Waals surface area contributed by atoms with Gasteiger partial charge in [0.15, 0.2) is 5.82 Å². The third-order valence-electron chi connectivity index (χ3n) is 3.27. The molecule has 0 fully saturated rings. The van der Waals surface area contributed by atoms with Gasteiger partial charge in [0.1, 0.15) is 0 Å². The Morgan fingerprint density at radius 3 is 2.91 bits per heavy atom. The number of nitrogens with two attached hydrogens (primary N) is 1. The van der Waals surface area contributed by atoms with Gasteiger partial charge in [-0.2, -0.15) is 0 Å². The summed E-state index contributed by atoms with van der Waals surface area (Å²) in [6.07, 6.45) is 0.648. The van der Waals surface area contributed by atoms with Gasteiger partial charge in [0.25, 0.3) is 0 Å². The lowest BCUT2D eigenvalue weighted by Gasteiger charge is -2.04. The van der Waals surface area contributed by atoms with Crippen LogP contribution < -0.4 is 5.84 Å². The predicted molar refractivity (Wildman–Crippen MR) is 87.1 cm³/mol. The summed E-state index contributed by atoms with van der Waals surface area (Å²) in [6, 6.07) is 12.2. The van der Waals surface area contributed by atoms with E-state index in [-0.39, 0.29) is 0 Å². The fraction of sp³-hybridized carbons (Fsp3) is 0.267. The highest BCUT2D eigenvalue weighted by molar-refractivity contribution is 7.98. The van der Waals surface area contributed by atoms with Gasteiger partial charge in [0.05, 0.1) is 17.8 Å². The second-order valence-corrected chi connectivity index (χ2v) is 5.74. The lowest BCUT2D eigenvalue weighted by molar-refractivity contribution is 0.200. The molecule has 3 rings (SSSR count). The number of nitrogen functional groups attached to an aromatic ring is 1. The van der Waals surface area contributed by atoms with E-state index in [1.165, 1.54) is 16.4 Å². The summed E-state index contributed by atoms with van der Waals surface area (Å²) >= 11 is 1.52. The molecule has 6 nitrogen and oxygen atoms in total. The fourth-order valence-corrected chi connectivity index (χ4v) is 2.88. The summed E-state index contributed by atoms with van der Waals surface area (Å²) in [7, 11) is 1.65. The number of fused-ring (bicyclic) bond motifs is 1. The Labute approximate surface area is 132 Å². The van der Waals surface area contributed by atoms with Gasteiger partial charge in [-0.05, 0) is 12.1 Å². The van der Waals surface area contributed by atoms with Crippen LogP contribution in [0.15, 0.2) is 41.6 Å². The lowest BCUT2D eigenvalue weighted by atomic mass is 10.2. The van der Waals surface area contributed by atoms with Gasteiger partial charge in [-0.15, -0.1) is 10.2 Å².